The second-order valence-corrected chi connectivity index (χ2v) is 18.4. The van der Waals surface area contributed by atoms with Gasteiger partial charge in [-0.2, -0.15) is 0 Å². The van der Waals surface area contributed by atoms with Crippen molar-refractivity contribution in [2.75, 3.05) is 9.80 Å². The van der Waals surface area contributed by atoms with E-state index < -0.39 is 0 Å². The topological polar surface area (TPSA) is 6.48 Å². The zero-order valence-electron chi connectivity index (χ0n) is 33.9. The van der Waals surface area contributed by atoms with E-state index in [0.717, 1.165) is 0 Å². The van der Waals surface area contributed by atoms with Crippen molar-refractivity contribution in [2.45, 2.75) is 142 Å². The summed E-state index contributed by atoms with van der Waals surface area (Å²) >= 11 is 0. The number of rotatable bonds is 5. The highest BCUT2D eigenvalue weighted by Gasteiger charge is 2.44. The van der Waals surface area contributed by atoms with Crippen LogP contribution in [0.25, 0.3) is 0 Å². The van der Waals surface area contributed by atoms with Crippen molar-refractivity contribution in [3.05, 3.63) is 124 Å². The Balaban J connectivity index is 1.29. The van der Waals surface area contributed by atoms with Crippen molar-refractivity contribution in [1.82, 2.24) is 0 Å². The van der Waals surface area contributed by atoms with Crippen LogP contribution < -0.4 is 26.2 Å². The second-order valence-electron chi connectivity index (χ2n) is 18.4. The lowest BCUT2D eigenvalue weighted by Crippen LogP contribution is -2.61. The molecule has 5 aromatic carbocycles. The van der Waals surface area contributed by atoms with Crippen LogP contribution in [0.1, 0.15) is 153 Å². The van der Waals surface area contributed by atoms with E-state index in [1.165, 1.54) is 175 Å². The summed E-state index contributed by atoms with van der Waals surface area (Å²) in [7, 11) is 0. The van der Waals surface area contributed by atoms with Gasteiger partial charge in [0.15, 0.2) is 0 Å². The summed E-state index contributed by atoms with van der Waals surface area (Å²) in [6.45, 7) is 9.28. The van der Waals surface area contributed by atoms with Gasteiger partial charge in [-0.3, -0.25) is 0 Å². The molecule has 280 valence electrons. The van der Waals surface area contributed by atoms with E-state index in [0.29, 0.717) is 17.8 Å². The third-order valence-electron chi connectivity index (χ3n) is 14.3. The van der Waals surface area contributed by atoms with Crippen molar-refractivity contribution >= 4 is 57.2 Å². The molecule has 0 atom stereocenters. The van der Waals surface area contributed by atoms with Crippen LogP contribution in [-0.2, 0) is 0 Å². The fourth-order valence-electron chi connectivity index (χ4n) is 11.8. The normalized spacial score (nSPS) is 18.9. The standard InChI is InChI=1S/C52H59BN2/c1-34-24-35(2)27-44(26-34)54-48-22-20-41(38-14-8-5-9-15-38)30-46(48)53-47-31-42(39-16-10-6-11-17-39)21-23-49(47)55(45-28-36(3)25-37(4)29-45)51-33-43(32-50(54)52(51)53)40-18-12-7-13-19-40/h20-33,38-40H,5-19H2,1-4H3. The fraction of sp³-hybridized carbons (Fsp3) is 0.423. The highest BCUT2D eigenvalue weighted by Crippen LogP contribution is 2.48. The molecule has 0 amide bonds. The van der Waals surface area contributed by atoms with E-state index in [-0.39, 0.29) is 6.71 Å². The Kier molecular flexibility index (Phi) is 9.19. The largest absolute Gasteiger partial charge is 0.311 e. The highest BCUT2D eigenvalue weighted by molar-refractivity contribution is 7.00. The summed E-state index contributed by atoms with van der Waals surface area (Å²) in [6.07, 6.45) is 20.1. The maximum absolute atomic E-state index is 2.69. The Labute approximate surface area is 331 Å². The molecular formula is C52H59BN2. The molecule has 0 N–H and O–H groups in total. The van der Waals surface area contributed by atoms with Crippen LogP contribution in [0.5, 0.6) is 0 Å². The van der Waals surface area contributed by atoms with Crippen LogP contribution in [0, 0.1) is 27.7 Å². The van der Waals surface area contributed by atoms with Crippen LogP contribution in [0.3, 0.4) is 0 Å². The van der Waals surface area contributed by atoms with Crippen molar-refractivity contribution in [2.24, 2.45) is 0 Å². The lowest BCUT2D eigenvalue weighted by molar-refractivity contribution is 0.443. The zero-order chi connectivity index (χ0) is 37.2. The first-order valence-electron chi connectivity index (χ1n) is 22.1. The molecule has 2 nitrogen and oxygen atoms in total. The number of aryl methyl sites for hydroxylation is 4. The van der Waals surface area contributed by atoms with E-state index >= 15 is 0 Å². The van der Waals surface area contributed by atoms with E-state index in [4.69, 9.17) is 0 Å². The predicted molar refractivity (Wildman–Crippen MR) is 237 cm³/mol. The first kappa shape index (κ1) is 35.2. The molecule has 3 heteroatoms. The molecule has 3 aliphatic carbocycles. The quantitative estimate of drug-likeness (QED) is 0.163. The van der Waals surface area contributed by atoms with E-state index in [1.54, 1.807) is 11.1 Å². The lowest BCUT2D eigenvalue weighted by Gasteiger charge is -2.45. The van der Waals surface area contributed by atoms with E-state index in [2.05, 4.69) is 122 Å². The molecule has 0 unspecified atom stereocenters. The van der Waals surface area contributed by atoms with Gasteiger partial charge in [0.05, 0.1) is 0 Å². The number of hydrogen-bond acceptors (Lipinski definition) is 2. The zero-order valence-corrected chi connectivity index (χ0v) is 33.9. The van der Waals surface area contributed by atoms with Crippen molar-refractivity contribution in [3.8, 4) is 0 Å². The molecule has 0 saturated heterocycles. The van der Waals surface area contributed by atoms with Crippen molar-refractivity contribution in [1.29, 1.82) is 0 Å². The Morgan fingerprint density at radius 2 is 0.745 bits per heavy atom. The second kappa shape index (κ2) is 14.4. The van der Waals surface area contributed by atoms with E-state index in [9.17, 15) is 0 Å². The van der Waals surface area contributed by atoms with Gasteiger partial charge in [-0.1, -0.05) is 94.2 Å². The molecule has 0 bridgehead atoms. The number of nitrogens with zero attached hydrogens (tertiary/aromatic N) is 2. The van der Waals surface area contributed by atoms with Gasteiger partial charge in [-0.15, -0.1) is 0 Å². The van der Waals surface area contributed by atoms with E-state index in [1.807, 2.05) is 0 Å². The maximum Gasteiger partial charge on any atom is 0.252 e. The molecule has 0 aromatic heterocycles. The van der Waals surface area contributed by atoms with Crippen LogP contribution >= 0.6 is 0 Å². The van der Waals surface area contributed by atoms with Gasteiger partial charge in [-0.05, 0) is 188 Å². The Morgan fingerprint density at radius 1 is 0.382 bits per heavy atom. The molecule has 55 heavy (non-hydrogen) atoms. The summed E-state index contributed by atoms with van der Waals surface area (Å²) < 4.78 is 0. The molecule has 3 fully saturated rings. The molecule has 5 aromatic rings. The summed E-state index contributed by atoms with van der Waals surface area (Å²) in [5, 5.41) is 0. The van der Waals surface area contributed by atoms with Crippen molar-refractivity contribution in [3.63, 3.8) is 0 Å². The van der Waals surface area contributed by atoms with Crippen LogP contribution in [0.2, 0.25) is 0 Å². The number of hydrogen-bond donors (Lipinski definition) is 0. The smallest absolute Gasteiger partial charge is 0.252 e. The average Bonchev–Trinajstić information content (AvgIpc) is 3.20. The fourth-order valence-corrected chi connectivity index (χ4v) is 11.8. The summed E-state index contributed by atoms with van der Waals surface area (Å²) in [5.74, 6) is 1.92. The van der Waals surface area contributed by atoms with Gasteiger partial charge in [0.2, 0.25) is 0 Å². The van der Waals surface area contributed by atoms with Gasteiger partial charge >= 0.3 is 0 Å². The number of fused-ring (bicyclic) bond motifs is 4. The molecule has 0 spiro atoms. The molecule has 10 rings (SSSR count). The summed E-state index contributed by atoms with van der Waals surface area (Å²) in [5.41, 5.74) is 22.6. The predicted octanol–water partition coefficient (Wildman–Crippen LogP) is 13.1. The monoisotopic (exact) mass is 722 g/mol. The molecular weight excluding hydrogens is 663 g/mol. The van der Waals surface area contributed by atoms with Gasteiger partial charge in [-0.25, -0.2) is 0 Å². The molecule has 2 aliphatic heterocycles. The third-order valence-corrected chi connectivity index (χ3v) is 14.3. The average molecular weight is 723 g/mol. The Hall–Kier alpha value is -4.24. The number of benzene rings is 5. The minimum atomic E-state index is 0.187. The van der Waals surface area contributed by atoms with Crippen LogP contribution in [-0.4, -0.2) is 6.71 Å². The van der Waals surface area contributed by atoms with Gasteiger partial charge in [0.1, 0.15) is 0 Å². The third kappa shape index (κ3) is 6.35. The number of anilines is 6. The highest BCUT2D eigenvalue weighted by atomic mass is 15.2. The maximum atomic E-state index is 2.69. The van der Waals surface area contributed by atoms with Gasteiger partial charge in [0.25, 0.3) is 6.71 Å². The van der Waals surface area contributed by atoms with Crippen molar-refractivity contribution < 1.29 is 0 Å². The Bertz CT molecular complexity index is 2060. The van der Waals surface area contributed by atoms with Crippen LogP contribution in [0.15, 0.2) is 84.9 Å². The minimum Gasteiger partial charge on any atom is -0.311 e. The molecule has 0 radical (unpaired) electrons. The summed E-state index contributed by atoms with van der Waals surface area (Å²) in [6, 6.07) is 35.2. The van der Waals surface area contributed by atoms with Gasteiger partial charge in [0, 0.05) is 34.1 Å². The van der Waals surface area contributed by atoms with Crippen LogP contribution in [0.4, 0.5) is 34.1 Å². The lowest BCUT2D eigenvalue weighted by atomic mass is 9.33. The first-order valence-corrected chi connectivity index (χ1v) is 22.1. The molecule has 3 saturated carbocycles. The van der Waals surface area contributed by atoms with Gasteiger partial charge < -0.3 is 9.80 Å². The molecule has 5 aliphatic rings. The molecule has 2 heterocycles. The minimum absolute atomic E-state index is 0.187. The summed E-state index contributed by atoms with van der Waals surface area (Å²) in [4.78, 5) is 5.38. The Morgan fingerprint density at radius 3 is 1.13 bits per heavy atom. The SMILES string of the molecule is Cc1cc(C)cc(N2c3ccc(C4CCCCC4)cc3B3c4cc(C5CCCCC5)ccc4N(c4cc(C)cc(C)c4)c4cc(C5CCCCC5)cc2c43)c1. The first-order chi connectivity index (χ1) is 26.9.